The van der Waals surface area contributed by atoms with Crippen LogP contribution in [0.25, 0.3) is 12.2 Å². The van der Waals surface area contributed by atoms with Crippen LogP contribution in [0, 0.1) is 0 Å². The number of H-pyrrole nitrogens is 2. The molecule has 0 fully saturated rings. The highest BCUT2D eigenvalue weighted by molar-refractivity contribution is 7.86. The number of aromatic amines is 2. The SMILES string of the molecule is O=S(=O)(O)c1cccc(N=c2ncnc(Nc3ccc(/C=C/c4ccc(Nc5ncnc(=Nc6cccc(S(=O)(=O)O)c6)[nH]5)cc4S(=O)(=O)O)c(S(=O)(=O)O)c3)[nH]2)c1. The molecule has 0 bridgehead atoms. The van der Waals surface area contributed by atoms with Crippen molar-refractivity contribution in [1.29, 1.82) is 0 Å². The van der Waals surface area contributed by atoms with Gasteiger partial charge in [0.15, 0.2) is 0 Å². The van der Waals surface area contributed by atoms with Gasteiger partial charge in [-0.2, -0.15) is 33.7 Å². The van der Waals surface area contributed by atoms with Crippen molar-refractivity contribution in [2.24, 2.45) is 9.98 Å². The van der Waals surface area contributed by atoms with E-state index in [1.165, 1.54) is 60.7 Å². The Labute approximate surface area is 327 Å². The number of hydrogen-bond donors (Lipinski definition) is 8. The molecule has 8 N–H and O–H groups in total. The molecular weight excluding hydrogens is 845 g/mol. The smallest absolute Gasteiger partial charge is 0.295 e. The van der Waals surface area contributed by atoms with Crippen LogP contribution in [0.2, 0.25) is 0 Å². The lowest BCUT2D eigenvalue weighted by molar-refractivity contribution is 0.480. The first kappa shape index (κ1) is 41.1. The number of benzene rings is 4. The molecule has 0 unspecified atom stereocenters. The number of nitrogens with zero attached hydrogens (tertiary/aromatic N) is 6. The van der Waals surface area contributed by atoms with Crippen molar-refractivity contribution in [3.05, 3.63) is 120 Å². The van der Waals surface area contributed by atoms with Gasteiger partial charge in [-0.15, -0.1) is 0 Å². The highest BCUT2D eigenvalue weighted by Gasteiger charge is 2.18. The quantitative estimate of drug-likeness (QED) is 0.0647. The van der Waals surface area contributed by atoms with Gasteiger partial charge in [-0.3, -0.25) is 28.2 Å². The molecule has 0 aliphatic rings. The van der Waals surface area contributed by atoms with E-state index in [0.717, 1.165) is 49.1 Å². The lowest BCUT2D eigenvalue weighted by Gasteiger charge is -2.10. The Bertz CT molecular complexity index is 2990. The fourth-order valence-corrected chi connectivity index (χ4v) is 7.40. The summed E-state index contributed by atoms with van der Waals surface area (Å²) in [5, 5.41) is 5.57. The van der Waals surface area contributed by atoms with Crippen LogP contribution in [-0.2, 0) is 40.5 Å². The van der Waals surface area contributed by atoms with E-state index in [0.29, 0.717) is 0 Å². The lowest BCUT2D eigenvalue weighted by Crippen LogP contribution is -2.15. The maximum Gasteiger partial charge on any atom is 0.295 e. The van der Waals surface area contributed by atoms with Crippen LogP contribution in [0.15, 0.2) is 127 Å². The van der Waals surface area contributed by atoms with Gasteiger partial charge in [-0.05, 0) is 71.8 Å². The Morgan fingerprint density at radius 3 is 1.26 bits per heavy atom. The fraction of sp³-hybridized carbons (Fsp3) is 0. The summed E-state index contributed by atoms with van der Waals surface area (Å²) in [6.45, 7) is 0. The third-order valence-electron chi connectivity index (χ3n) is 7.45. The standard InChI is InChI=1S/C32H26N10O12S4/c43-55(44,45)25-5-1-3-21(13-25)37-29-33-17-35-31(41-29)39-23-11-9-19(27(15-23)57(49,50)51)7-8-20-10-12-24(16-28(20)58(52,53)54)40-32-36-18-34-30(42-32)38-22-4-2-6-26(14-22)56(46,47)48/h1-18H,(H,43,44,45)(H,46,47,48)(H,49,50,51)(H,52,53,54)(H2,33,35,37,39,41)(H2,34,36,38,40,42)/b8-7+. The molecule has 26 heteroatoms. The van der Waals surface area contributed by atoms with E-state index in [-0.39, 0.29) is 57.0 Å². The second-order valence-corrected chi connectivity index (χ2v) is 17.2. The predicted molar refractivity (Wildman–Crippen MR) is 204 cm³/mol. The van der Waals surface area contributed by atoms with E-state index >= 15 is 0 Å². The molecule has 0 amide bonds. The largest absolute Gasteiger partial charge is 0.326 e. The monoisotopic (exact) mass is 870 g/mol. The molecule has 0 radical (unpaired) electrons. The Hall–Kier alpha value is -6.52. The van der Waals surface area contributed by atoms with Gasteiger partial charge < -0.3 is 10.6 Å². The molecule has 300 valence electrons. The highest BCUT2D eigenvalue weighted by Crippen LogP contribution is 2.28. The lowest BCUT2D eigenvalue weighted by atomic mass is 10.1. The third-order valence-corrected chi connectivity index (χ3v) is 11.0. The van der Waals surface area contributed by atoms with Gasteiger partial charge in [0.05, 0.1) is 21.2 Å². The normalized spacial score (nSPS) is 13.2. The molecule has 4 aromatic carbocycles. The Morgan fingerprint density at radius 2 is 0.897 bits per heavy atom. The molecule has 6 aromatic rings. The minimum atomic E-state index is -4.89. The minimum Gasteiger partial charge on any atom is -0.326 e. The van der Waals surface area contributed by atoms with Crippen molar-refractivity contribution in [2.45, 2.75) is 19.6 Å². The summed E-state index contributed by atoms with van der Waals surface area (Å²) in [4.78, 5) is 27.6. The van der Waals surface area contributed by atoms with Crippen molar-refractivity contribution in [2.75, 3.05) is 10.6 Å². The molecule has 0 saturated carbocycles. The third kappa shape index (κ3) is 10.7. The summed E-state index contributed by atoms with van der Waals surface area (Å²) >= 11 is 0. The van der Waals surface area contributed by atoms with E-state index in [1.807, 2.05) is 0 Å². The number of aromatic nitrogens is 6. The maximum absolute atomic E-state index is 12.4. The summed E-state index contributed by atoms with van der Waals surface area (Å²) in [5.74, 6) is -0.0159. The van der Waals surface area contributed by atoms with Gasteiger partial charge in [0.1, 0.15) is 22.4 Å². The molecule has 2 heterocycles. The molecule has 2 aromatic heterocycles. The average Bonchev–Trinajstić information content (AvgIpc) is 3.14. The number of hydrogen-bond acceptors (Lipinski definition) is 16. The zero-order valence-electron chi connectivity index (χ0n) is 28.8. The highest BCUT2D eigenvalue weighted by atomic mass is 32.2. The summed E-state index contributed by atoms with van der Waals surface area (Å²) in [6.07, 6.45) is 4.55. The molecule has 0 atom stereocenters. The second-order valence-electron chi connectivity index (χ2n) is 11.5. The first-order valence-corrected chi connectivity index (χ1v) is 21.5. The van der Waals surface area contributed by atoms with Crippen LogP contribution in [0.5, 0.6) is 0 Å². The topological polar surface area (TPSA) is 349 Å². The maximum atomic E-state index is 12.4. The van der Waals surface area contributed by atoms with Crippen molar-refractivity contribution >= 4 is 87.3 Å². The van der Waals surface area contributed by atoms with Gasteiger partial charge in [-0.1, -0.05) is 36.4 Å². The van der Waals surface area contributed by atoms with Gasteiger partial charge in [0, 0.05) is 11.4 Å². The summed E-state index contributed by atoms with van der Waals surface area (Å²) in [7, 11) is -18.8. The Kier molecular flexibility index (Phi) is 11.5. The Morgan fingerprint density at radius 1 is 0.500 bits per heavy atom. The zero-order valence-corrected chi connectivity index (χ0v) is 32.0. The average molecular weight is 871 g/mol. The van der Waals surface area contributed by atoms with E-state index in [1.54, 1.807) is 0 Å². The van der Waals surface area contributed by atoms with Crippen molar-refractivity contribution in [3.63, 3.8) is 0 Å². The van der Waals surface area contributed by atoms with E-state index in [9.17, 15) is 51.9 Å². The van der Waals surface area contributed by atoms with E-state index in [4.69, 9.17) is 0 Å². The first-order chi connectivity index (χ1) is 27.2. The van der Waals surface area contributed by atoms with Crippen molar-refractivity contribution in [1.82, 2.24) is 29.9 Å². The predicted octanol–water partition coefficient (Wildman–Crippen LogP) is 3.03. The second kappa shape index (κ2) is 16.1. The fourth-order valence-electron chi connectivity index (χ4n) is 4.94. The first-order valence-electron chi connectivity index (χ1n) is 15.7. The zero-order chi connectivity index (χ0) is 41.9. The van der Waals surface area contributed by atoms with Gasteiger partial charge in [0.25, 0.3) is 40.5 Å². The number of rotatable bonds is 12. The minimum absolute atomic E-state index is 0.00796. The summed E-state index contributed by atoms with van der Waals surface area (Å²) in [5.41, 5.74) is 0.106. The molecule has 0 spiro atoms. The summed E-state index contributed by atoms with van der Waals surface area (Å²) < 4.78 is 134. The van der Waals surface area contributed by atoms with E-state index in [2.05, 4.69) is 50.5 Å². The molecule has 0 aliphatic carbocycles. The summed E-state index contributed by atoms with van der Waals surface area (Å²) in [6, 6.07) is 17.6. The van der Waals surface area contributed by atoms with Gasteiger partial charge in [0.2, 0.25) is 23.1 Å². The number of nitrogens with one attached hydrogen (secondary N) is 4. The van der Waals surface area contributed by atoms with Crippen LogP contribution < -0.4 is 21.9 Å². The van der Waals surface area contributed by atoms with Gasteiger partial charge >= 0.3 is 0 Å². The molecule has 58 heavy (non-hydrogen) atoms. The van der Waals surface area contributed by atoms with Crippen molar-refractivity contribution in [3.8, 4) is 0 Å². The van der Waals surface area contributed by atoms with Crippen molar-refractivity contribution < 1.29 is 51.9 Å². The Balaban J connectivity index is 1.25. The number of anilines is 4. The van der Waals surface area contributed by atoms with Crippen LogP contribution in [0.3, 0.4) is 0 Å². The molecule has 0 aliphatic heterocycles. The van der Waals surface area contributed by atoms with Crippen LogP contribution in [0.4, 0.5) is 34.6 Å². The molecule has 22 nitrogen and oxygen atoms in total. The van der Waals surface area contributed by atoms with Crippen LogP contribution in [0.1, 0.15) is 11.1 Å². The molecule has 0 saturated heterocycles. The molecular formula is C32H26N10O12S4. The van der Waals surface area contributed by atoms with Crippen LogP contribution >= 0.6 is 0 Å². The van der Waals surface area contributed by atoms with E-state index < -0.39 is 60.1 Å². The molecule has 6 rings (SSSR count). The van der Waals surface area contributed by atoms with Gasteiger partial charge in [-0.25, -0.2) is 29.9 Å². The van der Waals surface area contributed by atoms with Crippen LogP contribution in [-0.4, -0.2) is 81.8 Å².